The van der Waals surface area contributed by atoms with E-state index in [9.17, 15) is 0 Å². The molecule has 5 rings (SSSR count). The minimum Gasteiger partial charge on any atom is -0.339 e. The minimum atomic E-state index is 0.623. The Morgan fingerprint density at radius 2 is 1.96 bits per heavy atom. The van der Waals surface area contributed by atoms with Crippen molar-refractivity contribution in [2.75, 3.05) is 5.75 Å². The zero-order chi connectivity index (χ0) is 17.3. The van der Waals surface area contributed by atoms with Gasteiger partial charge in [-0.05, 0) is 44.2 Å². The molecule has 3 aromatic rings. The summed E-state index contributed by atoms with van der Waals surface area (Å²) in [6.07, 6.45) is 10.3. The van der Waals surface area contributed by atoms with Crippen LogP contribution in [-0.2, 0) is 6.42 Å². The standard InChI is InChI=1S/C18H20N6OS/c1(2-15-20-16(23-25-15)12-7-9-19-10-8-12)11-26-18-22-21-17(13-3-4-13)24(18)14-5-6-14/h7-10,13-14H,1-6,11H2. The van der Waals surface area contributed by atoms with Crippen LogP contribution in [0.25, 0.3) is 11.4 Å². The molecule has 2 aliphatic carbocycles. The number of thioether (sulfide) groups is 1. The highest BCUT2D eigenvalue weighted by molar-refractivity contribution is 7.99. The van der Waals surface area contributed by atoms with E-state index in [0.29, 0.717) is 23.7 Å². The number of hydrogen-bond acceptors (Lipinski definition) is 7. The van der Waals surface area contributed by atoms with Gasteiger partial charge in [0.2, 0.25) is 11.7 Å². The van der Waals surface area contributed by atoms with Crippen LogP contribution in [0.1, 0.15) is 55.8 Å². The molecule has 0 spiro atoms. The van der Waals surface area contributed by atoms with E-state index in [1.165, 1.54) is 31.5 Å². The van der Waals surface area contributed by atoms with Crippen molar-refractivity contribution in [3.05, 3.63) is 36.2 Å². The number of aryl methyl sites for hydroxylation is 1. The molecule has 0 radical (unpaired) electrons. The molecular weight excluding hydrogens is 348 g/mol. The highest BCUT2D eigenvalue weighted by Crippen LogP contribution is 2.46. The summed E-state index contributed by atoms with van der Waals surface area (Å²) in [5.41, 5.74) is 0.925. The summed E-state index contributed by atoms with van der Waals surface area (Å²) < 4.78 is 7.76. The van der Waals surface area contributed by atoms with Gasteiger partial charge in [-0.1, -0.05) is 16.9 Å². The molecule has 0 N–H and O–H groups in total. The van der Waals surface area contributed by atoms with Crippen molar-refractivity contribution in [2.24, 2.45) is 0 Å². The molecule has 0 aromatic carbocycles. The molecule has 0 unspecified atom stereocenters. The second kappa shape index (κ2) is 6.83. The SMILES string of the molecule is c1cc(-c2noc(CCCSc3nnc(C4CC4)n3C3CC3)n2)ccn1. The lowest BCUT2D eigenvalue weighted by atomic mass is 10.2. The average molecular weight is 368 g/mol. The van der Waals surface area contributed by atoms with E-state index in [4.69, 9.17) is 4.52 Å². The Hall–Kier alpha value is -2.22. The zero-order valence-electron chi connectivity index (χ0n) is 14.4. The van der Waals surface area contributed by atoms with Gasteiger partial charge in [-0.25, -0.2) is 0 Å². The molecule has 8 heteroatoms. The van der Waals surface area contributed by atoms with Crippen LogP contribution in [0.15, 0.2) is 34.2 Å². The molecule has 26 heavy (non-hydrogen) atoms. The summed E-state index contributed by atoms with van der Waals surface area (Å²) in [6.45, 7) is 0. The van der Waals surface area contributed by atoms with Gasteiger partial charge in [0.15, 0.2) is 5.16 Å². The number of rotatable bonds is 8. The van der Waals surface area contributed by atoms with Crippen LogP contribution in [-0.4, -0.2) is 35.6 Å². The summed E-state index contributed by atoms with van der Waals surface area (Å²) in [5.74, 6) is 4.15. The molecule has 2 aliphatic rings. The summed E-state index contributed by atoms with van der Waals surface area (Å²) in [4.78, 5) is 8.47. The van der Waals surface area contributed by atoms with Gasteiger partial charge in [-0.15, -0.1) is 10.2 Å². The quantitative estimate of drug-likeness (QED) is 0.443. The Balaban J connectivity index is 1.17. The van der Waals surface area contributed by atoms with Gasteiger partial charge in [0.05, 0.1) is 0 Å². The first-order valence-corrected chi connectivity index (χ1v) is 10.2. The number of aromatic nitrogens is 6. The third-order valence-electron chi connectivity index (χ3n) is 4.72. The van der Waals surface area contributed by atoms with E-state index in [2.05, 4.69) is 29.9 Å². The van der Waals surface area contributed by atoms with Gasteiger partial charge < -0.3 is 9.09 Å². The highest BCUT2D eigenvalue weighted by Gasteiger charge is 2.36. The minimum absolute atomic E-state index is 0.623. The van der Waals surface area contributed by atoms with Gasteiger partial charge in [0.1, 0.15) is 5.82 Å². The molecule has 3 heterocycles. The predicted octanol–water partition coefficient (Wildman–Crippen LogP) is 3.66. The lowest BCUT2D eigenvalue weighted by molar-refractivity contribution is 0.378. The third kappa shape index (κ3) is 3.38. The van der Waals surface area contributed by atoms with Crippen LogP contribution in [0.5, 0.6) is 0 Å². The fraction of sp³-hybridized carbons (Fsp3) is 0.500. The van der Waals surface area contributed by atoms with Crippen LogP contribution in [0, 0.1) is 0 Å². The van der Waals surface area contributed by atoms with Gasteiger partial charge in [-0.3, -0.25) is 4.98 Å². The topological polar surface area (TPSA) is 82.5 Å². The van der Waals surface area contributed by atoms with Crippen molar-refractivity contribution < 1.29 is 4.52 Å². The first kappa shape index (κ1) is 16.0. The van der Waals surface area contributed by atoms with Gasteiger partial charge >= 0.3 is 0 Å². The summed E-state index contributed by atoms with van der Waals surface area (Å²) in [7, 11) is 0. The Labute approximate surface area is 155 Å². The Morgan fingerprint density at radius 1 is 1.12 bits per heavy atom. The van der Waals surface area contributed by atoms with Crippen molar-refractivity contribution >= 4 is 11.8 Å². The van der Waals surface area contributed by atoms with Crippen LogP contribution in [0.3, 0.4) is 0 Å². The number of nitrogens with zero attached hydrogens (tertiary/aromatic N) is 6. The molecule has 0 bridgehead atoms. The van der Waals surface area contributed by atoms with E-state index in [1.807, 2.05) is 12.1 Å². The first-order chi connectivity index (χ1) is 12.9. The Morgan fingerprint density at radius 3 is 2.73 bits per heavy atom. The van der Waals surface area contributed by atoms with Crippen LogP contribution >= 0.6 is 11.8 Å². The summed E-state index contributed by atoms with van der Waals surface area (Å²) in [6, 6.07) is 4.40. The number of hydrogen-bond donors (Lipinski definition) is 0. The molecule has 0 atom stereocenters. The summed E-state index contributed by atoms with van der Waals surface area (Å²) >= 11 is 1.80. The second-order valence-electron chi connectivity index (χ2n) is 6.92. The van der Waals surface area contributed by atoms with Crippen LogP contribution in [0.2, 0.25) is 0 Å². The van der Waals surface area contributed by atoms with Crippen molar-refractivity contribution in [3.63, 3.8) is 0 Å². The molecular formula is C18H20N6OS. The average Bonchev–Trinajstić information content (AvgIpc) is 3.61. The molecule has 0 aliphatic heterocycles. The lowest BCUT2D eigenvalue weighted by Gasteiger charge is -2.07. The third-order valence-corrected chi connectivity index (χ3v) is 5.75. The van der Waals surface area contributed by atoms with Crippen molar-refractivity contribution in [2.45, 2.75) is 55.6 Å². The van der Waals surface area contributed by atoms with Crippen molar-refractivity contribution in [1.82, 2.24) is 29.9 Å². The monoisotopic (exact) mass is 368 g/mol. The maximum absolute atomic E-state index is 5.36. The van der Waals surface area contributed by atoms with Crippen LogP contribution < -0.4 is 0 Å². The van der Waals surface area contributed by atoms with E-state index in [-0.39, 0.29) is 0 Å². The van der Waals surface area contributed by atoms with E-state index < -0.39 is 0 Å². The molecule has 3 aromatic heterocycles. The molecule has 0 saturated heterocycles. The van der Waals surface area contributed by atoms with Gasteiger partial charge in [-0.2, -0.15) is 4.98 Å². The maximum Gasteiger partial charge on any atom is 0.226 e. The zero-order valence-corrected chi connectivity index (χ0v) is 15.2. The Kier molecular flexibility index (Phi) is 4.20. The van der Waals surface area contributed by atoms with E-state index in [1.54, 1.807) is 24.2 Å². The Bertz CT molecular complexity index is 884. The van der Waals surface area contributed by atoms with Crippen molar-refractivity contribution in [3.8, 4) is 11.4 Å². The summed E-state index contributed by atoms with van der Waals surface area (Å²) in [5, 5.41) is 14.0. The highest BCUT2D eigenvalue weighted by atomic mass is 32.2. The second-order valence-corrected chi connectivity index (χ2v) is 7.98. The predicted molar refractivity (Wildman–Crippen MR) is 96.8 cm³/mol. The normalized spacial score (nSPS) is 16.9. The van der Waals surface area contributed by atoms with Crippen molar-refractivity contribution in [1.29, 1.82) is 0 Å². The maximum atomic E-state index is 5.36. The largest absolute Gasteiger partial charge is 0.339 e. The fourth-order valence-corrected chi connectivity index (χ4v) is 4.00. The van der Waals surface area contributed by atoms with E-state index >= 15 is 0 Å². The molecule has 134 valence electrons. The smallest absolute Gasteiger partial charge is 0.226 e. The molecule has 2 fully saturated rings. The van der Waals surface area contributed by atoms with E-state index in [0.717, 1.165) is 29.3 Å². The van der Waals surface area contributed by atoms with Gasteiger partial charge in [0.25, 0.3) is 0 Å². The first-order valence-electron chi connectivity index (χ1n) is 9.19. The molecule has 2 saturated carbocycles. The fourth-order valence-electron chi connectivity index (χ4n) is 3.04. The molecule has 0 amide bonds. The number of pyridine rings is 1. The molecule has 7 nitrogen and oxygen atoms in total. The van der Waals surface area contributed by atoms with Gasteiger partial charge in [0, 0.05) is 42.1 Å². The van der Waals surface area contributed by atoms with Crippen LogP contribution in [0.4, 0.5) is 0 Å². The lowest BCUT2D eigenvalue weighted by Crippen LogP contribution is -2.02.